The van der Waals surface area contributed by atoms with Crippen molar-refractivity contribution in [1.29, 1.82) is 0 Å². The second kappa shape index (κ2) is 7.13. The van der Waals surface area contributed by atoms with Gasteiger partial charge in [-0.25, -0.2) is 22.0 Å². The molecule has 0 fully saturated rings. The van der Waals surface area contributed by atoms with Gasteiger partial charge < -0.3 is 15.4 Å². The Morgan fingerprint density at radius 3 is 2.16 bits per heavy atom. The first-order chi connectivity index (χ1) is 11.6. The van der Waals surface area contributed by atoms with Gasteiger partial charge in [0.2, 0.25) is 11.7 Å². The zero-order valence-electron chi connectivity index (χ0n) is 11.8. The molecule has 1 aromatic heterocycles. The second-order valence-electron chi connectivity index (χ2n) is 4.56. The van der Waals surface area contributed by atoms with E-state index < -0.39 is 57.8 Å². The first-order valence-corrected chi connectivity index (χ1v) is 7.11. The highest BCUT2D eigenvalue weighted by molar-refractivity contribution is 9.10. The van der Waals surface area contributed by atoms with Gasteiger partial charge in [0, 0.05) is 6.42 Å². The Bertz CT molecular complexity index is 844. The van der Waals surface area contributed by atoms with Crippen LogP contribution in [-0.4, -0.2) is 20.6 Å². The minimum absolute atomic E-state index is 0.0395. The number of aromatic nitrogens is 2. The molecule has 2 rings (SSSR count). The molecule has 1 heterocycles. The maximum absolute atomic E-state index is 13.4. The summed E-state index contributed by atoms with van der Waals surface area (Å²) >= 11 is 2.88. The van der Waals surface area contributed by atoms with Crippen LogP contribution in [0, 0.1) is 39.2 Å². The highest BCUT2D eigenvalue weighted by Gasteiger charge is 2.27. The van der Waals surface area contributed by atoms with Crippen LogP contribution in [0.4, 0.5) is 33.5 Å². The fourth-order valence-corrected chi connectivity index (χ4v) is 2.22. The summed E-state index contributed by atoms with van der Waals surface area (Å²) in [7, 11) is 0. The molecule has 1 N–H and O–H groups in total. The van der Waals surface area contributed by atoms with Crippen LogP contribution in [-0.2, 0) is 11.3 Å². The molecule has 0 saturated heterocycles. The van der Waals surface area contributed by atoms with Crippen LogP contribution in [0.15, 0.2) is 10.7 Å². The normalized spacial score (nSPS) is 10.8. The van der Waals surface area contributed by atoms with E-state index in [1.165, 1.54) is 6.20 Å². The van der Waals surface area contributed by atoms with Crippen molar-refractivity contribution in [3.05, 3.63) is 49.9 Å². The number of aryl methyl sites for hydroxylation is 1. The number of rotatable bonds is 5. The average Bonchev–Trinajstić information content (AvgIpc) is 2.94. The number of carbonyl (C=O) groups is 1. The smallest absolute Gasteiger partial charge is 0.358 e. The molecule has 13 heteroatoms. The van der Waals surface area contributed by atoms with Crippen molar-refractivity contribution in [3.63, 3.8) is 0 Å². The molecule has 0 aliphatic rings. The molecule has 7 nitrogen and oxygen atoms in total. The van der Waals surface area contributed by atoms with Gasteiger partial charge in [0.1, 0.15) is 10.2 Å². The molecule has 1 amide bonds. The first kappa shape index (κ1) is 18.8. The molecule has 25 heavy (non-hydrogen) atoms. The number of nitrogens with one attached hydrogen (secondary N) is 1. The molecule has 0 aliphatic heterocycles. The van der Waals surface area contributed by atoms with E-state index in [9.17, 15) is 36.9 Å². The highest BCUT2D eigenvalue weighted by atomic mass is 79.9. The molecule has 0 saturated carbocycles. The molecule has 0 unspecified atom stereocenters. The third kappa shape index (κ3) is 3.75. The molecule has 1 aromatic carbocycles. The zero-order valence-corrected chi connectivity index (χ0v) is 13.4. The lowest BCUT2D eigenvalue weighted by atomic mass is 10.2. The fraction of sp³-hybridized carbons (Fsp3) is 0.167. The van der Waals surface area contributed by atoms with Crippen molar-refractivity contribution in [3.8, 4) is 0 Å². The van der Waals surface area contributed by atoms with E-state index in [2.05, 4.69) is 21.0 Å². The van der Waals surface area contributed by atoms with Gasteiger partial charge in [-0.15, -0.1) is 0 Å². The molecule has 2 aromatic rings. The Labute approximate surface area is 143 Å². The third-order valence-electron chi connectivity index (χ3n) is 2.91. The average molecular weight is 429 g/mol. The van der Waals surface area contributed by atoms with Gasteiger partial charge in [0.05, 0.1) is 17.8 Å². The van der Waals surface area contributed by atoms with Gasteiger partial charge in [-0.05, 0) is 20.9 Å². The lowest BCUT2D eigenvalue weighted by molar-refractivity contribution is -0.390. The molecule has 0 bridgehead atoms. The molecular weight excluding hydrogens is 423 g/mol. The lowest BCUT2D eigenvalue weighted by Crippen LogP contribution is -2.18. The number of nitro groups is 1. The summed E-state index contributed by atoms with van der Waals surface area (Å²) in [4.78, 5) is 21.5. The number of nitrogens with zero attached hydrogens (tertiary/aromatic N) is 3. The molecule has 0 radical (unpaired) electrons. The van der Waals surface area contributed by atoms with E-state index >= 15 is 0 Å². The van der Waals surface area contributed by atoms with Crippen LogP contribution in [0.5, 0.6) is 0 Å². The third-order valence-corrected chi connectivity index (χ3v) is 3.47. The van der Waals surface area contributed by atoms with Gasteiger partial charge in [0.15, 0.2) is 23.3 Å². The Hall–Kier alpha value is -2.57. The van der Waals surface area contributed by atoms with E-state index in [0.29, 0.717) is 0 Å². The standard InChI is InChI=1S/C12H6BrF5N4O3/c13-4-3-21(20-12(4)22(24)25)2-1-5(23)19-11-9(17)7(15)6(14)8(16)10(11)18/h3H,1-2H2,(H,19,23). The predicted molar refractivity (Wildman–Crippen MR) is 76.1 cm³/mol. The number of hydrogen-bond donors (Lipinski definition) is 1. The highest BCUT2D eigenvalue weighted by Crippen LogP contribution is 2.27. The Morgan fingerprint density at radius 1 is 1.16 bits per heavy atom. The molecule has 0 aliphatic carbocycles. The largest absolute Gasteiger partial charge is 0.404 e. The van der Waals surface area contributed by atoms with Crippen LogP contribution >= 0.6 is 15.9 Å². The van der Waals surface area contributed by atoms with E-state index in [1.54, 1.807) is 5.32 Å². The van der Waals surface area contributed by atoms with Crippen LogP contribution in [0.2, 0.25) is 0 Å². The van der Waals surface area contributed by atoms with Crippen LogP contribution in [0.25, 0.3) is 0 Å². The quantitative estimate of drug-likeness (QED) is 0.260. The number of anilines is 1. The zero-order chi connectivity index (χ0) is 18.9. The van der Waals surface area contributed by atoms with E-state index in [1.807, 2.05) is 0 Å². The SMILES string of the molecule is O=C(CCn1cc(Br)c([N+](=O)[O-])n1)Nc1c(F)c(F)c(F)c(F)c1F. The van der Waals surface area contributed by atoms with Crippen molar-refractivity contribution >= 4 is 33.3 Å². The van der Waals surface area contributed by atoms with Crippen molar-refractivity contribution in [1.82, 2.24) is 9.78 Å². The van der Waals surface area contributed by atoms with Gasteiger partial charge in [-0.3, -0.25) is 4.79 Å². The number of benzene rings is 1. The molecule has 0 atom stereocenters. The summed E-state index contributed by atoms with van der Waals surface area (Å²) in [5.74, 6) is -12.7. The predicted octanol–water partition coefficient (Wildman–Crippen LogP) is 3.28. The fourth-order valence-electron chi connectivity index (χ4n) is 1.76. The van der Waals surface area contributed by atoms with Gasteiger partial charge in [-0.1, -0.05) is 0 Å². The van der Waals surface area contributed by atoms with Gasteiger partial charge in [-0.2, -0.15) is 4.68 Å². The molecule has 0 spiro atoms. The maximum atomic E-state index is 13.4. The topological polar surface area (TPSA) is 90.1 Å². The number of amides is 1. The minimum Gasteiger partial charge on any atom is -0.358 e. The monoisotopic (exact) mass is 428 g/mol. The van der Waals surface area contributed by atoms with Crippen molar-refractivity contribution < 1.29 is 31.7 Å². The van der Waals surface area contributed by atoms with E-state index in [4.69, 9.17) is 0 Å². The Balaban J connectivity index is 2.11. The summed E-state index contributed by atoms with van der Waals surface area (Å²) < 4.78 is 66.9. The van der Waals surface area contributed by atoms with Crippen molar-refractivity contribution in [2.24, 2.45) is 0 Å². The molecule has 134 valence electrons. The van der Waals surface area contributed by atoms with Gasteiger partial charge in [0.25, 0.3) is 0 Å². The van der Waals surface area contributed by atoms with Crippen molar-refractivity contribution in [2.45, 2.75) is 13.0 Å². The Morgan fingerprint density at radius 2 is 1.68 bits per heavy atom. The second-order valence-corrected chi connectivity index (χ2v) is 5.42. The van der Waals surface area contributed by atoms with Crippen LogP contribution in [0.1, 0.15) is 6.42 Å². The molecular formula is C12H6BrF5N4O3. The van der Waals surface area contributed by atoms with E-state index in [0.717, 1.165) is 4.68 Å². The summed E-state index contributed by atoms with van der Waals surface area (Å²) in [6.45, 7) is -0.242. The number of hydrogen-bond acceptors (Lipinski definition) is 4. The van der Waals surface area contributed by atoms with Crippen LogP contribution < -0.4 is 5.32 Å². The van der Waals surface area contributed by atoms with Crippen molar-refractivity contribution in [2.75, 3.05) is 5.32 Å². The minimum atomic E-state index is -2.35. The number of halogens is 6. The number of carbonyl (C=O) groups excluding carboxylic acids is 1. The summed E-state index contributed by atoms with van der Waals surface area (Å²) in [5, 5.41) is 15.7. The maximum Gasteiger partial charge on any atom is 0.404 e. The van der Waals surface area contributed by atoms with Crippen LogP contribution in [0.3, 0.4) is 0 Å². The van der Waals surface area contributed by atoms with Gasteiger partial charge >= 0.3 is 5.82 Å². The lowest BCUT2D eigenvalue weighted by Gasteiger charge is -2.09. The summed E-state index contributed by atoms with van der Waals surface area (Å²) in [6.07, 6.45) is 0.689. The Kier molecular flexibility index (Phi) is 5.35. The summed E-state index contributed by atoms with van der Waals surface area (Å²) in [5.41, 5.74) is -1.48. The summed E-state index contributed by atoms with van der Waals surface area (Å²) in [6, 6.07) is 0. The first-order valence-electron chi connectivity index (χ1n) is 6.32. The van der Waals surface area contributed by atoms with E-state index in [-0.39, 0.29) is 11.0 Å².